The van der Waals surface area contributed by atoms with E-state index in [-0.39, 0.29) is 10.7 Å². The predicted molar refractivity (Wildman–Crippen MR) is 227 cm³/mol. The first-order chi connectivity index (χ1) is 25.4. The summed E-state index contributed by atoms with van der Waals surface area (Å²) < 4.78 is 5.64. The third kappa shape index (κ3) is 7.34. The fourth-order valence-corrected chi connectivity index (χ4v) is 10.5. The lowest BCUT2D eigenvalue weighted by Crippen LogP contribution is -2.02. The Morgan fingerprint density at radius 1 is 0.558 bits per heavy atom. The molecule has 0 fully saturated rings. The first-order valence-corrected chi connectivity index (χ1v) is 21.2. The summed E-state index contributed by atoms with van der Waals surface area (Å²) in [6.45, 7) is 9.25. The molecular weight excluding hydrogens is 669 g/mol. The quantitative estimate of drug-likeness (QED) is 0.117. The fraction of sp³-hybridized carbons (Fsp3) is 0.271. The molecule has 0 saturated carbocycles. The first-order valence-electron chi connectivity index (χ1n) is 19.1. The number of hydrogen-bond acceptors (Lipinski definition) is 3. The van der Waals surface area contributed by atoms with Gasteiger partial charge in [0.2, 0.25) is 0 Å². The summed E-state index contributed by atoms with van der Waals surface area (Å²) >= 11 is 1.81. The Kier molecular flexibility index (Phi) is 10.3. The van der Waals surface area contributed by atoms with Gasteiger partial charge < -0.3 is 0 Å². The topological polar surface area (TPSA) is 24.7 Å². The van der Waals surface area contributed by atoms with Crippen LogP contribution in [0.25, 0.3) is 33.0 Å². The van der Waals surface area contributed by atoms with E-state index in [1.807, 2.05) is 11.8 Å². The van der Waals surface area contributed by atoms with Gasteiger partial charge in [-0.1, -0.05) is 172 Å². The molecule has 0 N–H and O–H groups in total. The van der Waals surface area contributed by atoms with Crippen LogP contribution in [0.3, 0.4) is 0 Å². The van der Waals surface area contributed by atoms with Gasteiger partial charge in [0.15, 0.2) is 0 Å². The van der Waals surface area contributed by atoms with E-state index in [0.29, 0.717) is 0 Å². The van der Waals surface area contributed by atoms with Crippen molar-refractivity contribution in [1.82, 2.24) is 0 Å². The van der Waals surface area contributed by atoms with Crippen molar-refractivity contribution in [2.45, 2.75) is 81.8 Å². The zero-order valence-corrected chi connectivity index (χ0v) is 32.5. The minimum Gasteiger partial charge on any atom is -0.240 e. The molecule has 2 heterocycles. The molecule has 0 saturated heterocycles. The molecule has 0 aromatic heterocycles. The normalized spacial score (nSPS) is 14.7. The highest BCUT2D eigenvalue weighted by atomic mass is 32.2. The van der Waals surface area contributed by atoms with Gasteiger partial charge in [0.1, 0.15) is 5.04 Å². The molecule has 1 atom stereocenters. The maximum absolute atomic E-state index is 5.64. The van der Waals surface area contributed by atoms with Gasteiger partial charge in [-0.3, -0.25) is 0 Å². The Bertz CT molecular complexity index is 2270. The predicted octanol–water partition coefficient (Wildman–Crippen LogP) is 14.3. The smallest absolute Gasteiger partial charge is 0.109 e. The molecule has 0 radical (unpaired) electrons. The average molecular weight is 717 g/mol. The van der Waals surface area contributed by atoms with E-state index in [4.69, 9.17) is 9.36 Å². The second kappa shape index (κ2) is 15.4. The van der Waals surface area contributed by atoms with Gasteiger partial charge in [0.25, 0.3) is 0 Å². The minimum atomic E-state index is -0.328. The van der Waals surface area contributed by atoms with Gasteiger partial charge in [-0.2, -0.15) is 0 Å². The second-order valence-electron chi connectivity index (χ2n) is 15.2. The summed E-state index contributed by atoms with van der Waals surface area (Å²) in [5, 5.41) is 3.60. The highest BCUT2D eigenvalue weighted by Gasteiger charge is 2.31. The summed E-state index contributed by atoms with van der Waals surface area (Å²) in [4.78, 5) is 8.14. The number of thioether (sulfide) groups is 1. The third-order valence-electron chi connectivity index (χ3n) is 10.3. The van der Waals surface area contributed by atoms with Crippen LogP contribution in [-0.4, -0.2) is 5.04 Å². The lowest BCUT2D eigenvalue weighted by Gasteiger charge is -2.22. The highest BCUT2D eigenvalue weighted by molar-refractivity contribution is 8.14. The lowest BCUT2D eigenvalue weighted by molar-refractivity contribution is 0.556. The van der Waals surface area contributed by atoms with E-state index in [1.165, 1.54) is 85.2 Å². The van der Waals surface area contributed by atoms with Gasteiger partial charge in [-0.25, -0.2) is 9.36 Å². The standard InChI is InChI=1S/C48H48N2S2/c1-32(2)13-11-17-34-21-25-37(26-22-34)40-29-42-44-45-43(52(50-47(40)45)31-36-15-7-5-8-16-36)30-41(38-27-23-35(24-28-38)18-12-14-33(3)4)46(44)49-48(51-42)39-19-9-6-10-20-39/h5-10,15-16,19-30,32-33H,11-14,17-18,31H2,1-4H3. The molecule has 2 aliphatic heterocycles. The number of hydrogen-bond donors (Lipinski definition) is 0. The van der Waals surface area contributed by atoms with Crippen molar-refractivity contribution >= 4 is 49.6 Å². The molecule has 1 unspecified atom stereocenters. The van der Waals surface area contributed by atoms with Crippen molar-refractivity contribution < 1.29 is 0 Å². The highest BCUT2D eigenvalue weighted by Crippen LogP contribution is 2.56. The molecule has 8 rings (SSSR count). The van der Waals surface area contributed by atoms with Gasteiger partial charge in [0.05, 0.1) is 11.4 Å². The zero-order chi connectivity index (χ0) is 35.6. The molecular formula is C48H48N2S2. The maximum Gasteiger partial charge on any atom is 0.109 e. The van der Waals surface area contributed by atoms with Crippen molar-refractivity contribution in [3.8, 4) is 22.3 Å². The van der Waals surface area contributed by atoms with E-state index < -0.39 is 0 Å². The molecule has 0 bridgehead atoms. The van der Waals surface area contributed by atoms with E-state index in [2.05, 4.69) is 149 Å². The van der Waals surface area contributed by atoms with Crippen molar-refractivity contribution in [2.75, 3.05) is 0 Å². The SMILES string of the molecule is CC(C)CCCc1ccc(-c2cc3c4c(c(-c5ccc(CCCC(C)C)cc5)cc5c4c2N=C(c2ccccc2)S5)N=S3Cc2ccccc2)cc1. The molecule has 6 aromatic rings. The molecule has 6 aromatic carbocycles. The summed E-state index contributed by atoms with van der Waals surface area (Å²) in [6.07, 6.45) is 7.23. The number of aryl methyl sites for hydroxylation is 2. The molecule has 0 aliphatic carbocycles. The molecule has 2 nitrogen and oxygen atoms in total. The van der Waals surface area contributed by atoms with Crippen molar-refractivity contribution in [1.29, 1.82) is 0 Å². The van der Waals surface area contributed by atoms with Crippen LogP contribution in [0, 0.1) is 11.8 Å². The lowest BCUT2D eigenvalue weighted by atomic mass is 9.92. The molecule has 2 aliphatic rings. The Morgan fingerprint density at radius 3 is 1.69 bits per heavy atom. The van der Waals surface area contributed by atoms with Crippen LogP contribution in [0.2, 0.25) is 0 Å². The van der Waals surface area contributed by atoms with Crippen molar-refractivity contribution in [3.05, 3.63) is 144 Å². The average Bonchev–Trinajstić information content (AvgIpc) is 3.52. The Balaban J connectivity index is 1.29. The van der Waals surface area contributed by atoms with E-state index >= 15 is 0 Å². The van der Waals surface area contributed by atoms with E-state index in [1.54, 1.807) is 0 Å². The van der Waals surface area contributed by atoms with Crippen molar-refractivity contribution in [2.24, 2.45) is 21.2 Å². The molecule has 52 heavy (non-hydrogen) atoms. The number of aliphatic imine (C=N–C) groups is 1. The summed E-state index contributed by atoms with van der Waals surface area (Å²) in [6, 6.07) is 45.1. The Hall–Kier alpha value is -4.25. The van der Waals surface area contributed by atoms with Crippen LogP contribution in [0.5, 0.6) is 0 Å². The van der Waals surface area contributed by atoms with E-state index in [0.717, 1.165) is 52.4 Å². The van der Waals surface area contributed by atoms with Gasteiger partial charge in [0, 0.05) is 43.0 Å². The summed E-state index contributed by atoms with van der Waals surface area (Å²) in [7, 11) is -0.328. The van der Waals surface area contributed by atoms with Crippen LogP contribution in [0.15, 0.2) is 140 Å². The second-order valence-corrected chi connectivity index (χ2v) is 17.9. The largest absolute Gasteiger partial charge is 0.240 e. The van der Waals surface area contributed by atoms with Gasteiger partial charge >= 0.3 is 0 Å². The number of rotatable bonds is 13. The maximum atomic E-state index is 5.64. The molecule has 0 spiro atoms. The summed E-state index contributed by atoms with van der Waals surface area (Å²) in [5.41, 5.74) is 12.4. The first kappa shape index (κ1) is 34.8. The zero-order valence-electron chi connectivity index (χ0n) is 30.9. The van der Waals surface area contributed by atoms with Crippen LogP contribution >= 0.6 is 11.8 Å². The van der Waals surface area contributed by atoms with Crippen LogP contribution in [0.1, 0.15) is 75.6 Å². The third-order valence-corrected chi connectivity index (χ3v) is 13.2. The molecule has 4 heteroatoms. The van der Waals surface area contributed by atoms with E-state index in [9.17, 15) is 0 Å². The Morgan fingerprint density at radius 2 is 1.12 bits per heavy atom. The number of benzene rings is 6. The monoisotopic (exact) mass is 716 g/mol. The minimum absolute atomic E-state index is 0.328. The number of nitrogens with zero attached hydrogens (tertiary/aromatic N) is 2. The Labute approximate surface area is 316 Å². The van der Waals surface area contributed by atoms with Crippen LogP contribution in [0.4, 0.5) is 11.4 Å². The van der Waals surface area contributed by atoms with Crippen LogP contribution in [-0.2, 0) is 29.3 Å². The van der Waals surface area contributed by atoms with Crippen molar-refractivity contribution in [3.63, 3.8) is 0 Å². The fourth-order valence-electron chi connectivity index (χ4n) is 7.51. The summed E-state index contributed by atoms with van der Waals surface area (Å²) in [5.74, 6) is 2.37. The molecule has 0 amide bonds. The molecule has 262 valence electrons. The van der Waals surface area contributed by atoms with Gasteiger partial charge in [-0.05, 0) is 77.5 Å². The van der Waals surface area contributed by atoms with Crippen LogP contribution < -0.4 is 0 Å². The van der Waals surface area contributed by atoms with Gasteiger partial charge in [-0.15, -0.1) is 0 Å².